The molecule has 2 atom stereocenters. The van der Waals surface area contributed by atoms with Gasteiger partial charge in [-0.25, -0.2) is 4.98 Å². The maximum absolute atomic E-state index is 11.3. The van der Waals surface area contributed by atoms with Crippen molar-refractivity contribution in [3.8, 4) is 0 Å². The summed E-state index contributed by atoms with van der Waals surface area (Å²) in [6.45, 7) is 2.01. The van der Waals surface area contributed by atoms with Gasteiger partial charge in [0.05, 0.1) is 19.9 Å². The van der Waals surface area contributed by atoms with Crippen molar-refractivity contribution in [3.05, 3.63) is 18.2 Å². The molecule has 5 heteroatoms. The van der Waals surface area contributed by atoms with Crippen LogP contribution in [-0.2, 0) is 16.6 Å². The van der Waals surface area contributed by atoms with E-state index in [0.29, 0.717) is 6.42 Å². The first-order valence-corrected chi connectivity index (χ1v) is 5.38. The standard InChI is InChI=1S/C11H19N3O2/c1-4-9(12)8(5-11(15)16-3)10-6-13-7-14(10)2/h6-9H,4-5,12H2,1-3H3. The van der Waals surface area contributed by atoms with Crippen molar-refractivity contribution in [3.63, 3.8) is 0 Å². The first kappa shape index (κ1) is 12.7. The molecule has 5 nitrogen and oxygen atoms in total. The Labute approximate surface area is 95.6 Å². The summed E-state index contributed by atoms with van der Waals surface area (Å²) in [6, 6.07) is -0.0606. The molecule has 0 aliphatic heterocycles. The molecular formula is C11H19N3O2. The number of nitrogens with two attached hydrogens (primary N) is 1. The third-order valence-corrected chi connectivity index (χ3v) is 2.84. The molecule has 0 amide bonds. The highest BCUT2D eigenvalue weighted by molar-refractivity contribution is 5.70. The lowest BCUT2D eigenvalue weighted by Crippen LogP contribution is -2.30. The average Bonchev–Trinajstić information content (AvgIpc) is 2.70. The van der Waals surface area contributed by atoms with Crippen molar-refractivity contribution >= 4 is 5.97 Å². The van der Waals surface area contributed by atoms with Crippen molar-refractivity contribution in [1.82, 2.24) is 9.55 Å². The monoisotopic (exact) mass is 225 g/mol. The van der Waals surface area contributed by atoms with Gasteiger partial charge in [-0.05, 0) is 6.42 Å². The molecule has 2 unspecified atom stereocenters. The van der Waals surface area contributed by atoms with Crippen LogP contribution in [0.25, 0.3) is 0 Å². The highest BCUT2D eigenvalue weighted by Crippen LogP contribution is 2.23. The number of imidazole rings is 1. The largest absolute Gasteiger partial charge is 0.469 e. The summed E-state index contributed by atoms with van der Waals surface area (Å²) in [5, 5.41) is 0. The quantitative estimate of drug-likeness (QED) is 0.753. The van der Waals surface area contributed by atoms with E-state index in [-0.39, 0.29) is 17.9 Å². The second kappa shape index (κ2) is 5.65. The first-order chi connectivity index (χ1) is 7.60. The van der Waals surface area contributed by atoms with Gasteiger partial charge in [0.25, 0.3) is 0 Å². The summed E-state index contributed by atoms with van der Waals surface area (Å²) < 4.78 is 6.58. The van der Waals surface area contributed by atoms with Crippen molar-refractivity contribution in [2.75, 3.05) is 7.11 Å². The van der Waals surface area contributed by atoms with E-state index in [1.54, 1.807) is 12.5 Å². The Bertz CT molecular complexity index is 349. The fourth-order valence-electron chi connectivity index (χ4n) is 1.75. The van der Waals surface area contributed by atoms with E-state index in [4.69, 9.17) is 5.73 Å². The highest BCUT2D eigenvalue weighted by atomic mass is 16.5. The molecule has 0 aromatic carbocycles. The van der Waals surface area contributed by atoms with E-state index < -0.39 is 0 Å². The normalized spacial score (nSPS) is 14.5. The minimum Gasteiger partial charge on any atom is -0.469 e. The number of carbonyl (C=O) groups excluding carboxylic acids is 1. The lowest BCUT2D eigenvalue weighted by molar-refractivity contribution is -0.141. The summed E-state index contributed by atoms with van der Waals surface area (Å²) in [6.07, 6.45) is 4.57. The van der Waals surface area contributed by atoms with Gasteiger partial charge < -0.3 is 15.0 Å². The number of methoxy groups -OCH3 is 1. The first-order valence-electron chi connectivity index (χ1n) is 5.38. The van der Waals surface area contributed by atoms with Gasteiger partial charge in [0, 0.05) is 30.9 Å². The summed E-state index contributed by atoms with van der Waals surface area (Å²) in [7, 11) is 3.29. The van der Waals surface area contributed by atoms with Crippen LogP contribution in [0.15, 0.2) is 12.5 Å². The third kappa shape index (κ3) is 2.82. The van der Waals surface area contributed by atoms with Crippen LogP contribution < -0.4 is 5.73 Å². The fourth-order valence-corrected chi connectivity index (χ4v) is 1.75. The Morgan fingerprint density at radius 2 is 2.38 bits per heavy atom. The van der Waals surface area contributed by atoms with Crippen LogP contribution in [0.1, 0.15) is 31.4 Å². The molecular weight excluding hydrogens is 206 g/mol. The van der Waals surface area contributed by atoms with Gasteiger partial charge in [0.15, 0.2) is 0 Å². The van der Waals surface area contributed by atoms with Crippen LogP contribution in [0.3, 0.4) is 0 Å². The number of nitrogens with zero attached hydrogens (tertiary/aromatic N) is 2. The Hall–Kier alpha value is -1.36. The van der Waals surface area contributed by atoms with E-state index in [1.807, 2.05) is 18.5 Å². The fraction of sp³-hybridized carbons (Fsp3) is 0.636. The van der Waals surface area contributed by atoms with Crippen LogP contribution in [-0.4, -0.2) is 28.7 Å². The van der Waals surface area contributed by atoms with Gasteiger partial charge in [-0.1, -0.05) is 6.92 Å². The maximum Gasteiger partial charge on any atom is 0.306 e. The van der Waals surface area contributed by atoms with E-state index in [1.165, 1.54) is 7.11 Å². The molecule has 0 saturated carbocycles. The summed E-state index contributed by atoms with van der Waals surface area (Å²) >= 11 is 0. The van der Waals surface area contributed by atoms with E-state index >= 15 is 0 Å². The van der Waals surface area contributed by atoms with Gasteiger partial charge in [-0.15, -0.1) is 0 Å². The third-order valence-electron chi connectivity index (χ3n) is 2.84. The van der Waals surface area contributed by atoms with Gasteiger partial charge in [-0.2, -0.15) is 0 Å². The summed E-state index contributed by atoms with van der Waals surface area (Å²) in [5.41, 5.74) is 7.00. The molecule has 2 N–H and O–H groups in total. The molecule has 0 aliphatic carbocycles. The number of esters is 1. The smallest absolute Gasteiger partial charge is 0.306 e. The summed E-state index contributed by atoms with van der Waals surface area (Å²) in [4.78, 5) is 15.4. The van der Waals surface area contributed by atoms with Crippen molar-refractivity contribution < 1.29 is 9.53 Å². The predicted molar refractivity (Wildman–Crippen MR) is 60.8 cm³/mol. The second-order valence-electron chi connectivity index (χ2n) is 3.89. The molecule has 0 saturated heterocycles. The van der Waals surface area contributed by atoms with Crippen LogP contribution in [0.5, 0.6) is 0 Å². The molecule has 0 spiro atoms. The number of rotatable bonds is 5. The minimum atomic E-state index is -0.241. The molecule has 0 aliphatic rings. The van der Waals surface area contributed by atoms with Crippen molar-refractivity contribution in [2.45, 2.75) is 31.7 Å². The molecule has 0 bridgehead atoms. The average molecular weight is 225 g/mol. The van der Waals surface area contributed by atoms with Crippen LogP contribution in [0.2, 0.25) is 0 Å². The van der Waals surface area contributed by atoms with Crippen molar-refractivity contribution in [2.24, 2.45) is 12.8 Å². The van der Waals surface area contributed by atoms with E-state index in [2.05, 4.69) is 9.72 Å². The van der Waals surface area contributed by atoms with Gasteiger partial charge in [-0.3, -0.25) is 4.79 Å². The highest BCUT2D eigenvalue weighted by Gasteiger charge is 2.24. The van der Waals surface area contributed by atoms with E-state index in [0.717, 1.165) is 12.1 Å². The second-order valence-corrected chi connectivity index (χ2v) is 3.89. The molecule has 16 heavy (non-hydrogen) atoms. The van der Waals surface area contributed by atoms with Crippen LogP contribution >= 0.6 is 0 Å². The molecule has 1 heterocycles. The zero-order chi connectivity index (χ0) is 12.1. The van der Waals surface area contributed by atoms with Gasteiger partial charge in [0.2, 0.25) is 0 Å². The SMILES string of the molecule is CCC(N)C(CC(=O)OC)c1cncn1C. The molecule has 1 aromatic heterocycles. The van der Waals surface area contributed by atoms with Crippen molar-refractivity contribution in [1.29, 1.82) is 0 Å². The van der Waals surface area contributed by atoms with Crippen LogP contribution in [0, 0.1) is 0 Å². The molecule has 0 fully saturated rings. The Morgan fingerprint density at radius 3 is 2.81 bits per heavy atom. The maximum atomic E-state index is 11.3. The van der Waals surface area contributed by atoms with Crippen LogP contribution in [0.4, 0.5) is 0 Å². The van der Waals surface area contributed by atoms with Gasteiger partial charge in [0.1, 0.15) is 0 Å². The number of aromatic nitrogens is 2. The lowest BCUT2D eigenvalue weighted by Gasteiger charge is -2.22. The summed E-state index contributed by atoms with van der Waals surface area (Å²) in [5.74, 6) is -0.278. The Morgan fingerprint density at radius 1 is 1.69 bits per heavy atom. The Kier molecular flexibility index (Phi) is 4.49. The molecule has 0 radical (unpaired) electrons. The number of hydrogen-bond donors (Lipinski definition) is 1. The Balaban J connectivity index is 2.88. The minimum absolute atomic E-state index is 0.0371. The number of carbonyl (C=O) groups is 1. The number of aryl methyl sites for hydroxylation is 1. The molecule has 1 aromatic rings. The predicted octanol–water partition coefficient (Wildman–Crippen LogP) is 0.804. The number of ether oxygens (including phenoxy) is 1. The molecule has 90 valence electrons. The molecule has 1 rings (SSSR count). The zero-order valence-corrected chi connectivity index (χ0v) is 10.0. The van der Waals surface area contributed by atoms with E-state index in [9.17, 15) is 4.79 Å². The lowest BCUT2D eigenvalue weighted by atomic mass is 9.92. The topological polar surface area (TPSA) is 70.1 Å². The van der Waals surface area contributed by atoms with Gasteiger partial charge >= 0.3 is 5.97 Å². The zero-order valence-electron chi connectivity index (χ0n) is 10.0. The number of hydrogen-bond acceptors (Lipinski definition) is 4.